The van der Waals surface area contributed by atoms with Crippen molar-refractivity contribution < 1.29 is 80.2 Å². The molecular formula is C81H130O17P2. The van der Waals surface area contributed by atoms with Gasteiger partial charge < -0.3 is 33.8 Å². The van der Waals surface area contributed by atoms with E-state index in [0.29, 0.717) is 38.5 Å². The summed E-state index contributed by atoms with van der Waals surface area (Å²) in [5, 5.41) is 10.6. The second kappa shape index (κ2) is 71.8. The van der Waals surface area contributed by atoms with Crippen molar-refractivity contribution >= 4 is 39.5 Å². The predicted molar refractivity (Wildman–Crippen MR) is 408 cm³/mol. The summed E-state index contributed by atoms with van der Waals surface area (Å²) in [5.74, 6) is -2.36. The van der Waals surface area contributed by atoms with Gasteiger partial charge in [0.1, 0.15) is 19.3 Å². The number of carbonyl (C=O) groups is 4. The first kappa shape index (κ1) is 94.4. The quantitative estimate of drug-likeness (QED) is 0.0169. The third-order valence-corrected chi connectivity index (χ3v) is 16.6. The molecule has 0 aliphatic rings. The molecule has 0 aromatic carbocycles. The van der Waals surface area contributed by atoms with Crippen LogP contribution in [0.4, 0.5) is 0 Å². The summed E-state index contributed by atoms with van der Waals surface area (Å²) in [7, 11) is -10.0. The first-order valence-electron chi connectivity index (χ1n) is 37.4. The SMILES string of the molecule is CC/C=C\C/C=C\C/C=C\C/C=C\C/C=C\CCCC(=O)OCC(COP(=O)(O)OCC(O)COP(=O)(O)OCC(COC(=O)CCCCCCC/C=C\C/C=C\C/C=C\CC)OC(=O)CCCCCCC/C=C\CCCC)OC(=O)CCC/C=C\C/C=C\C/C=C\C/C=C\C/C=C\CC. The maximum Gasteiger partial charge on any atom is 0.472 e. The number of aliphatic hydroxyl groups excluding tert-OH is 1. The number of aliphatic hydroxyl groups is 1. The lowest BCUT2D eigenvalue weighted by Crippen LogP contribution is -2.30. The van der Waals surface area contributed by atoms with Crippen LogP contribution in [-0.4, -0.2) is 96.7 Å². The normalized spacial score (nSPS) is 14.9. The van der Waals surface area contributed by atoms with Crippen molar-refractivity contribution in [2.75, 3.05) is 39.6 Å². The number of esters is 4. The van der Waals surface area contributed by atoms with Gasteiger partial charge in [-0.1, -0.05) is 249 Å². The summed E-state index contributed by atoms with van der Waals surface area (Å²) >= 11 is 0. The summed E-state index contributed by atoms with van der Waals surface area (Å²) < 4.78 is 68.3. The fourth-order valence-electron chi connectivity index (χ4n) is 9.05. The summed E-state index contributed by atoms with van der Waals surface area (Å²) in [5.41, 5.74) is 0. The van der Waals surface area contributed by atoms with Crippen molar-refractivity contribution in [1.29, 1.82) is 0 Å². The molecule has 0 aromatic heterocycles. The molecule has 0 rings (SSSR count). The van der Waals surface area contributed by atoms with Crippen LogP contribution in [0.1, 0.15) is 259 Å². The van der Waals surface area contributed by atoms with Crippen LogP contribution in [0.3, 0.4) is 0 Å². The van der Waals surface area contributed by atoms with Crippen LogP contribution in [0, 0.1) is 0 Å². The molecule has 0 heterocycles. The Morgan fingerprint density at radius 1 is 0.290 bits per heavy atom. The van der Waals surface area contributed by atoms with Crippen LogP contribution in [-0.2, 0) is 65.4 Å². The first-order valence-corrected chi connectivity index (χ1v) is 40.4. The molecule has 0 saturated heterocycles. The monoisotopic (exact) mass is 1440 g/mol. The van der Waals surface area contributed by atoms with Gasteiger partial charge in [0.05, 0.1) is 26.4 Å². The molecule has 0 radical (unpaired) electrons. The van der Waals surface area contributed by atoms with Gasteiger partial charge in [-0.15, -0.1) is 0 Å². The molecule has 0 aliphatic heterocycles. The first-order chi connectivity index (χ1) is 48.7. The van der Waals surface area contributed by atoms with Gasteiger partial charge in [-0.05, 0) is 154 Å². The average molecular weight is 1440 g/mol. The number of ether oxygens (including phenoxy) is 4. The van der Waals surface area contributed by atoms with E-state index in [2.05, 4.69) is 174 Å². The molecule has 0 spiro atoms. The molecule has 0 aromatic rings. The highest BCUT2D eigenvalue weighted by Crippen LogP contribution is 2.45. The number of phosphoric acid groups is 2. The molecular weight excluding hydrogens is 1310 g/mol. The molecule has 100 heavy (non-hydrogen) atoms. The maximum absolute atomic E-state index is 13.1. The van der Waals surface area contributed by atoms with Gasteiger partial charge in [0, 0.05) is 25.7 Å². The van der Waals surface area contributed by atoms with Crippen LogP contribution in [0.25, 0.3) is 0 Å². The van der Waals surface area contributed by atoms with Gasteiger partial charge in [-0.2, -0.15) is 0 Å². The topological polar surface area (TPSA) is 237 Å². The minimum atomic E-state index is -5.01. The summed E-state index contributed by atoms with van der Waals surface area (Å²) in [6.45, 7) is 4.29. The van der Waals surface area contributed by atoms with Crippen molar-refractivity contribution in [3.05, 3.63) is 170 Å². The molecule has 0 bridgehead atoms. The number of hydrogen-bond donors (Lipinski definition) is 3. The lowest BCUT2D eigenvalue weighted by molar-refractivity contribution is -0.161. The van der Waals surface area contributed by atoms with E-state index in [4.69, 9.17) is 37.0 Å². The second-order valence-electron chi connectivity index (χ2n) is 24.1. The summed E-state index contributed by atoms with van der Waals surface area (Å²) in [6.07, 6.45) is 83.7. The Kier molecular flexibility index (Phi) is 67.8. The predicted octanol–water partition coefficient (Wildman–Crippen LogP) is 21.4. The minimum Gasteiger partial charge on any atom is -0.462 e. The van der Waals surface area contributed by atoms with Crippen LogP contribution in [0.2, 0.25) is 0 Å². The zero-order chi connectivity index (χ0) is 73.2. The third-order valence-electron chi connectivity index (χ3n) is 14.7. The number of allylic oxidation sites excluding steroid dienone is 28. The Hall–Kier alpha value is -5.58. The molecule has 5 unspecified atom stereocenters. The highest BCUT2D eigenvalue weighted by molar-refractivity contribution is 7.47. The van der Waals surface area contributed by atoms with Gasteiger partial charge >= 0.3 is 39.5 Å². The van der Waals surface area contributed by atoms with E-state index in [0.717, 1.165) is 154 Å². The molecule has 19 heteroatoms. The average Bonchev–Trinajstić information content (AvgIpc) is 1.00. The Balaban J connectivity index is 5.48. The zero-order valence-corrected chi connectivity index (χ0v) is 63.3. The minimum absolute atomic E-state index is 0.00248. The van der Waals surface area contributed by atoms with E-state index in [-0.39, 0.29) is 25.7 Å². The number of rotatable bonds is 68. The molecule has 5 atom stereocenters. The molecule has 0 amide bonds. The van der Waals surface area contributed by atoms with E-state index in [9.17, 15) is 43.2 Å². The summed E-state index contributed by atoms with van der Waals surface area (Å²) in [6, 6.07) is 0. The largest absolute Gasteiger partial charge is 0.472 e. The lowest BCUT2D eigenvalue weighted by Gasteiger charge is -2.21. The van der Waals surface area contributed by atoms with Crippen LogP contribution in [0.15, 0.2) is 170 Å². The number of hydrogen-bond acceptors (Lipinski definition) is 15. The zero-order valence-electron chi connectivity index (χ0n) is 61.5. The molecule has 0 aliphatic carbocycles. The van der Waals surface area contributed by atoms with E-state index < -0.39 is 97.5 Å². The molecule has 0 fully saturated rings. The fraction of sp³-hybridized carbons (Fsp3) is 0.605. The third kappa shape index (κ3) is 70.8. The van der Waals surface area contributed by atoms with E-state index in [1.807, 2.05) is 24.3 Å². The Labute approximate surface area is 603 Å². The Bertz CT molecular complexity index is 2570. The van der Waals surface area contributed by atoms with Crippen LogP contribution >= 0.6 is 15.6 Å². The van der Waals surface area contributed by atoms with Gasteiger partial charge in [-0.3, -0.25) is 37.3 Å². The number of carbonyl (C=O) groups excluding carboxylic acids is 4. The van der Waals surface area contributed by atoms with Crippen LogP contribution in [0.5, 0.6) is 0 Å². The van der Waals surface area contributed by atoms with E-state index >= 15 is 0 Å². The molecule has 17 nitrogen and oxygen atoms in total. The fourth-order valence-corrected chi connectivity index (χ4v) is 10.6. The van der Waals surface area contributed by atoms with Crippen molar-refractivity contribution in [2.45, 2.75) is 277 Å². The van der Waals surface area contributed by atoms with Crippen LogP contribution < -0.4 is 0 Å². The second-order valence-corrected chi connectivity index (χ2v) is 27.0. The van der Waals surface area contributed by atoms with Gasteiger partial charge in [0.2, 0.25) is 0 Å². The van der Waals surface area contributed by atoms with E-state index in [1.54, 1.807) is 0 Å². The number of unbranched alkanes of at least 4 members (excludes halogenated alkanes) is 14. The van der Waals surface area contributed by atoms with Crippen molar-refractivity contribution in [2.24, 2.45) is 0 Å². The smallest absolute Gasteiger partial charge is 0.462 e. The molecule has 3 N–H and O–H groups in total. The highest BCUT2D eigenvalue weighted by Gasteiger charge is 2.30. The van der Waals surface area contributed by atoms with Gasteiger partial charge in [-0.25, -0.2) is 9.13 Å². The standard InChI is InChI=1S/C81H130O17P2/c1-5-9-13-17-21-25-29-32-35-37-40-43-47-50-54-58-62-66-79(84)92-72-77(98-81(86)68-64-60-56-52-48-44-41-38-36-33-30-26-22-18-14-10-6-2)74-96-100(89,90)94-70-75(82)69-93-99(87,88)95-73-76(97-80(85)67-63-59-55-51-45-28-24-20-16-12-8-4)71-91-78(83)65-61-57-53-49-46-42-39-34-31-27-23-19-15-11-7-3/h9-11,13-15,20-27,32-36,39-41,43-44,50,52,54,56,75-77,82H,5-8,12,16-19,28-31,37-38,42,45-49,51,53,55,57-74H2,1-4H3,(H,87,88)(H,89,90)/b13-9-,14-10-,15-11-,24-20-,25-21-,26-22-,27-23-,35-32-,36-33-,39-34-,43-40-,44-41-,54-50-,56-52-. The maximum atomic E-state index is 13.1. The summed E-state index contributed by atoms with van der Waals surface area (Å²) in [4.78, 5) is 72.8. The molecule has 0 saturated carbocycles. The number of phosphoric ester groups is 2. The Morgan fingerprint density at radius 2 is 0.530 bits per heavy atom. The van der Waals surface area contributed by atoms with Crippen molar-refractivity contribution in [3.8, 4) is 0 Å². The van der Waals surface area contributed by atoms with E-state index in [1.165, 1.54) is 12.8 Å². The lowest BCUT2D eigenvalue weighted by atomic mass is 10.1. The van der Waals surface area contributed by atoms with Crippen molar-refractivity contribution in [3.63, 3.8) is 0 Å². The highest BCUT2D eigenvalue weighted by atomic mass is 31.2. The van der Waals surface area contributed by atoms with Gasteiger partial charge in [0.25, 0.3) is 0 Å². The molecule has 566 valence electrons. The van der Waals surface area contributed by atoms with Gasteiger partial charge in [0.15, 0.2) is 12.2 Å². The van der Waals surface area contributed by atoms with Crippen molar-refractivity contribution in [1.82, 2.24) is 0 Å². The Morgan fingerprint density at radius 3 is 0.860 bits per heavy atom.